The van der Waals surface area contributed by atoms with Gasteiger partial charge in [-0.05, 0) is 42.8 Å². The number of nitriles is 1. The van der Waals surface area contributed by atoms with Crippen molar-refractivity contribution in [2.45, 2.75) is 6.92 Å². The number of hydrogen-bond acceptors (Lipinski definition) is 6. The normalized spacial score (nSPS) is 10.8. The van der Waals surface area contributed by atoms with E-state index in [1.54, 1.807) is 16.6 Å². The number of aromatic nitrogens is 4. The number of hydrogen-bond donors (Lipinski definition) is 1. The molecule has 0 bridgehead atoms. The third kappa shape index (κ3) is 3.40. The minimum absolute atomic E-state index is 0.407. The predicted molar refractivity (Wildman–Crippen MR) is 113 cm³/mol. The second-order valence-electron chi connectivity index (χ2n) is 6.12. The molecule has 4 rings (SSSR count). The molecule has 0 fully saturated rings. The maximum atomic E-state index is 9.28. The number of benzene rings is 1. The summed E-state index contributed by atoms with van der Waals surface area (Å²) in [5.74, 6) is 0.732. The summed E-state index contributed by atoms with van der Waals surface area (Å²) in [6.45, 7) is 1.89. The fourth-order valence-corrected chi connectivity index (χ4v) is 3.64. The second kappa shape index (κ2) is 7.50. The molecule has 1 N–H and O–H groups in total. The van der Waals surface area contributed by atoms with E-state index in [0.717, 1.165) is 33.9 Å². The Bertz CT molecular complexity index is 1210. The van der Waals surface area contributed by atoms with Crippen LogP contribution >= 0.6 is 23.5 Å². The summed E-state index contributed by atoms with van der Waals surface area (Å²) in [5, 5.41) is 14.4. The van der Waals surface area contributed by atoms with E-state index in [9.17, 15) is 5.26 Å². The Morgan fingerprint density at radius 1 is 1.14 bits per heavy atom. The van der Waals surface area contributed by atoms with Gasteiger partial charge in [-0.15, -0.1) is 0 Å². The van der Waals surface area contributed by atoms with Crippen molar-refractivity contribution < 1.29 is 0 Å². The molecular formula is C20H15ClN6S. The molecule has 0 unspecified atom stereocenters. The van der Waals surface area contributed by atoms with Crippen molar-refractivity contribution in [2.24, 2.45) is 0 Å². The maximum Gasteiger partial charge on any atom is 0.165 e. The zero-order valence-corrected chi connectivity index (χ0v) is 16.7. The van der Waals surface area contributed by atoms with Crippen molar-refractivity contribution in [3.63, 3.8) is 0 Å². The molecule has 0 saturated heterocycles. The van der Waals surface area contributed by atoms with E-state index >= 15 is 0 Å². The van der Waals surface area contributed by atoms with Gasteiger partial charge in [-0.25, -0.2) is 14.5 Å². The van der Waals surface area contributed by atoms with Gasteiger partial charge in [0.1, 0.15) is 16.7 Å². The van der Waals surface area contributed by atoms with Crippen molar-refractivity contribution in [1.82, 2.24) is 19.6 Å². The molecule has 0 aliphatic heterocycles. The first kappa shape index (κ1) is 18.3. The molecule has 8 heteroatoms. The largest absolute Gasteiger partial charge is 0.315 e. The van der Waals surface area contributed by atoms with Gasteiger partial charge in [-0.3, -0.25) is 0 Å². The lowest BCUT2D eigenvalue weighted by molar-refractivity contribution is 0.946. The van der Waals surface area contributed by atoms with Gasteiger partial charge in [-0.2, -0.15) is 10.4 Å². The molecule has 6 nitrogen and oxygen atoms in total. The smallest absolute Gasteiger partial charge is 0.165 e. The lowest BCUT2D eigenvalue weighted by atomic mass is 10.00. The molecule has 0 saturated carbocycles. The zero-order valence-electron chi connectivity index (χ0n) is 15.1. The van der Waals surface area contributed by atoms with Crippen LogP contribution in [-0.4, -0.2) is 25.8 Å². The lowest BCUT2D eigenvalue weighted by Gasteiger charge is -2.06. The van der Waals surface area contributed by atoms with Crippen LogP contribution in [0.25, 0.3) is 28.0 Å². The van der Waals surface area contributed by atoms with E-state index < -0.39 is 0 Å². The highest BCUT2D eigenvalue weighted by molar-refractivity contribution is 7.99. The minimum atomic E-state index is 0.407. The first-order valence-electron chi connectivity index (χ1n) is 8.42. The standard InChI is InChI=1S/C20H15ClN6S/c1-12-8-15(10-16(21)23-12)18-19(14-5-3-4-13(9-14)11-22)25-27-7-6-17(26-28-2)24-20(18)27/h3-10H,1-2H3,(H,24,26). The molecule has 28 heavy (non-hydrogen) atoms. The number of rotatable bonds is 4. The molecule has 4 aromatic rings. The van der Waals surface area contributed by atoms with E-state index in [1.807, 2.05) is 49.7 Å². The summed E-state index contributed by atoms with van der Waals surface area (Å²) in [6, 6.07) is 15.2. The van der Waals surface area contributed by atoms with Crippen molar-refractivity contribution >= 4 is 35.0 Å². The Balaban J connectivity index is 2.04. The molecule has 3 heterocycles. The van der Waals surface area contributed by atoms with Crippen molar-refractivity contribution in [3.05, 3.63) is 65.1 Å². The van der Waals surface area contributed by atoms with Crippen LogP contribution in [0.1, 0.15) is 11.3 Å². The molecule has 138 valence electrons. The Morgan fingerprint density at radius 3 is 2.75 bits per heavy atom. The Morgan fingerprint density at radius 2 is 2.00 bits per heavy atom. The zero-order chi connectivity index (χ0) is 19.7. The highest BCUT2D eigenvalue weighted by Gasteiger charge is 2.19. The van der Waals surface area contributed by atoms with Crippen LogP contribution in [0.5, 0.6) is 0 Å². The van der Waals surface area contributed by atoms with Crippen LogP contribution in [0.2, 0.25) is 5.15 Å². The minimum Gasteiger partial charge on any atom is -0.315 e. The Hall–Kier alpha value is -3.08. The number of nitrogens with zero attached hydrogens (tertiary/aromatic N) is 5. The van der Waals surface area contributed by atoms with Gasteiger partial charge in [0.25, 0.3) is 0 Å². The summed E-state index contributed by atoms with van der Waals surface area (Å²) in [7, 11) is 0. The van der Waals surface area contributed by atoms with Crippen molar-refractivity contribution in [1.29, 1.82) is 5.26 Å². The summed E-state index contributed by atoms with van der Waals surface area (Å²) in [6.07, 6.45) is 3.80. The quantitative estimate of drug-likeness (QED) is 0.380. The molecule has 1 aromatic carbocycles. The predicted octanol–water partition coefficient (Wildman–Crippen LogP) is 4.98. The van der Waals surface area contributed by atoms with Crippen LogP contribution in [-0.2, 0) is 0 Å². The number of fused-ring (bicyclic) bond motifs is 1. The average Bonchev–Trinajstić information content (AvgIpc) is 3.06. The summed E-state index contributed by atoms with van der Waals surface area (Å²) < 4.78 is 4.89. The van der Waals surface area contributed by atoms with Crippen molar-refractivity contribution in [2.75, 3.05) is 11.0 Å². The summed E-state index contributed by atoms with van der Waals surface area (Å²) >= 11 is 7.70. The average molecular weight is 407 g/mol. The summed E-state index contributed by atoms with van der Waals surface area (Å²) in [4.78, 5) is 8.99. The van der Waals surface area contributed by atoms with Gasteiger partial charge < -0.3 is 4.72 Å². The SMILES string of the molecule is CSNc1ccn2nc(-c3cccc(C#N)c3)c(-c3cc(C)nc(Cl)c3)c2n1. The monoisotopic (exact) mass is 406 g/mol. The molecule has 3 aromatic heterocycles. The Kier molecular flexibility index (Phi) is 4.90. The van der Waals surface area contributed by atoms with Crippen LogP contribution in [0.4, 0.5) is 5.82 Å². The van der Waals surface area contributed by atoms with E-state index in [-0.39, 0.29) is 0 Å². The van der Waals surface area contributed by atoms with Gasteiger partial charge in [0, 0.05) is 23.7 Å². The fraction of sp³-hybridized carbons (Fsp3) is 0.100. The first-order valence-corrected chi connectivity index (χ1v) is 10.0. The molecule has 0 spiro atoms. The number of halogens is 1. The fourth-order valence-electron chi connectivity index (χ4n) is 3.07. The van der Waals surface area contributed by atoms with Gasteiger partial charge in [-0.1, -0.05) is 35.7 Å². The lowest BCUT2D eigenvalue weighted by Crippen LogP contribution is -1.95. The van der Waals surface area contributed by atoms with Crippen LogP contribution < -0.4 is 4.72 Å². The van der Waals surface area contributed by atoms with Gasteiger partial charge in [0.2, 0.25) is 0 Å². The Labute approximate surface area is 171 Å². The number of nitrogens with one attached hydrogen (secondary N) is 1. The number of aryl methyl sites for hydroxylation is 1. The first-order chi connectivity index (χ1) is 13.6. The highest BCUT2D eigenvalue weighted by atomic mass is 35.5. The van der Waals surface area contributed by atoms with Gasteiger partial charge in [0.15, 0.2) is 5.65 Å². The summed E-state index contributed by atoms with van der Waals surface area (Å²) in [5.41, 5.74) is 5.35. The van der Waals surface area contributed by atoms with Gasteiger partial charge >= 0.3 is 0 Å². The molecule has 0 aliphatic carbocycles. The molecule has 0 aliphatic rings. The van der Waals surface area contributed by atoms with Crippen LogP contribution in [0.15, 0.2) is 48.7 Å². The third-order valence-corrected chi connectivity index (χ3v) is 4.77. The van der Waals surface area contributed by atoms with Gasteiger partial charge in [0.05, 0.1) is 17.2 Å². The third-order valence-electron chi connectivity index (χ3n) is 4.17. The van der Waals surface area contributed by atoms with E-state index in [1.165, 1.54) is 11.9 Å². The molecule has 0 radical (unpaired) electrons. The number of pyridine rings is 1. The molecule has 0 atom stereocenters. The molecular weight excluding hydrogens is 392 g/mol. The number of anilines is 1. The van der Waals surface area contributed by atoms with Crippen LogP contribution in [0, 0.1) is 18.3 Å². The topological polar surface area (TPSA) is 78.9 Å². The second-order valence-corrected chi connectivity index (χ2v) is 7.12. The highest BCUT2D eigenvalue weighted by Crippen LogP contribution is 2.36. The van der Waals surface area contributed by atoms with Crippen molar-refractivity contribution in [3.8, 4) is 28.5 Å². The van der Waals surface area contributed by atoms with E-state index in [0.29, 0.717) is 16.4 Å². The van der Waals surface area contributed by atoms with Crippen LogP contribution in [0.3, 0.4) is 0 Å². The molecule has 0 amide bonds. The van der Waals surface area contributed by atoms with E-state index in [4.69, 9.17) is 21.7 Å². The maximum absolute atomic E-state index is 9.28. The van der Waals surface area contributed by atoms with E-state index in [2.05, 4.69) is 15.8 Å².